The molecule has 0 bridgehead atoms. The van der Waals surface area contributed by atoms with Gasteiger partial charge in [-0.25, -0.2) is 4.79 Å². The Bertz CT molecular complexity index is 720. The Hall–Kier alpha value is -2.15. The number of aliphatic hydroxyl groups is 1. The van der Waals surface area contributed by atoms with Gasteiger partial charge in [0.15, 0.2) is 0 Å². The second-order valence-corrected chi connectivity index (χ2v) is 6.81. The van der Waals surface area contributed by atoms with E-state index < -0.39 is 0 Å². The Morgan fingerprint density at radius 1 is 1.31 bits per heavy atom. The number of aliphatic hydroxyl groups excluding tert-OH is 1. The molecule has 2 amide bonds. The summed E-state index contributed by atoms with van der Waals surface area (Å²) in [5.74, 6) is 0. The minimum atomic E-state index is -0.225. The number of nitrogens with zero attached hydrogens (tertiary/aromatic N) is 3. The van der Waals surface area contributed by atoms with E-state index in [-0.39, 0.29) is 12.1 Å². The molecular formula is C19H23ClN4O2. The Kier molecular flexibility index (Phi) is 6.44. The fourth-order valence-corrected chi connectivity index (χ4v) is 3.19. The first-order chi connectivity index (χ1) is 12.6. The summed E-state index contributed by atoms with van der Waals surface area (Å²) in [5, 5.41) is 13.1. The molecule has 0 saturated carbocycles. The molecule has 1 aliphatic rings. The molecule has 2 aromatic rings. The van der Waals surface area contributed by atoms with Crippen LogP contribution in [0.25, 0.3) is 0 Å². The lowest BCUT2D eigenvalue weighted by molar-refractivity contribution is 0.0840. The van der Waals surface area contributed by atoms with Gasteiger partial charge in [-0.1, -0.05) is 17.7 Å². The number of carbonyl (C=O) groups excluding carboxylic acids is 1. The van der Waals surface area contributed by atoms with Gasteiger partial charge in [0.25, 0.3) is 0 Å². The molecule has 138 valence electrons. The number of amides is 2. The third-order valence-corrected chi connectivity index (χ3v) is 4.71. The summed E-state index contributed by atoms with van der Waals surface area (Å²) in [7, 11) is 0. The van der Waals surface area contributed by atoms with E-state index in [0.29, 0.717) is 17.3 Å². The molecule has 7 heteroatoms. The molecule has 1 aliphatic heterocycles. The molecule has 26 heavy (non-hydrogen) atoms. The summed E-state index contributed by atoms with van der Waals surface area (Å²) in [6, 6.07) is 10.6. The lowest BCUT2D eigenvalue weighted by Crippen LogP contribution is -2.44. The van der Waals surface area contributed by atoms with Crippen molar-refractivity contribution in [3.8, 4) is 0 Å². The highest BCUT2D eigenvalue weighted by atomic mass is 35.5. The van der Waals surface area contributed by atoms with Gasteiger partial charge >= 0.3 is 6.03 Å². The van der Waals surface area contributed by atoms with Crippen molar-refractivity contribution in [1.82, 2.24) is 9.88 Å². The van der Waals surface area contributed by atoms with Gasteiger partial charge < -0.3 is 15.3 Å². The molecule has 3 rings (SSSR count). The molecule has 1 saturated heterocycles. The minimum absolute atomic E-state index is 0.204. The van der Waals surface area contributed by atoms with Crippen molar-refractivity contribution in [1.29, 1.82) is 0 Å². The number of aromatic nitrogens is 1. The van der Waals surface area contributed by atoms with E-state index in [0.717, 1.165) is 38.2 Å². The maximum atomic E-state index is 12.8. The van der Waals surface area contributed by atoms with Gasteiger partial charge in [-0.2, -0.15) is 0 Å². The molecule has 1 aromatic heterocycles. The van der Waals surface area contributed by atoms with Gasteiger partial charge in [-0.05, 0) is 43.2 Å². The number of carbonyl (C=O) groups is 1. The van der Waals surface area contributed by atoms with Crippen LogP contribution >= 0.6 is 11.6 Å². The second-order valence-electron chi connectivity index (χ2n) is 6.38. The van der Waals surface area contributed by atoms with Crippen LogP contribution in [0.1, 0.15) is 12.8 Å². The van der Waals surface area contributed by atoms with Gasteiger partial charge in [-0.15, -0.1) is 0 Å². The summed E-state index contributed by atoms with van der Waals surface area (Å²) >= 11 is 6.11. The third-order valence-electron chi connectivity index (χ3n) is 4.47. The van der Waals surface area contributed by atoms with Gasteiger partial charge in [0.05, 0.1) is 18.0 Å². The minimum Gasteiger partial charge on any atom is -0.393 e. The van der Waals surface area contributed by atoms with Crippen LogP contribution in [0.15, 0.2) is 48.8 Å². The number of anilines is 2. The summed E-state index contributed by atoms with van der Waals surface area (Å²) in [4.78, 5) is 20.8. The van der Waals surface area contributed by atoms with Gasteiger partial charge in [-0.3, -0.25) is 9.88 Å². The third kappa shape index (κ3) is 5.17. The summed E-state index contributed by atoms with van der Waals surface area (Å²) in [5.41, 5.74) is 1.39. The maximum absolute atomic E-state index is 12.8. The highest BCUT2D eigenvalue weighted by molar-refractivity contribution is 6.31. The van der Waals surface area contributed by atoms with Crippen molar-refractivity contribution in [2.75, 3.05) is 36.4 Å². The number of hydrogen-bond acceptors (Lipinski definition) is 4. The zero-order valence-electron chi connectivity index (χ0n) is 14.5. The molecule has 2 heterocycles. The molecular weight excluding hydrogens is 352 g/mol. The first-order valence-electron chi connectivity index (χ1n) is 8.76. The van der Waals surface area contributed by atoms with E-state index in [2.05, 4.69) is 15.2 Å². The Morgan fingerprint density at radius 3 is 2.81 bits per heavy atom. The number of hydrogen-bond donors (Lipinski definition) is 2. The largest absolute Gasteiger partial charge is 0.393 e. The zero-order valence-corrected chi connectivity index (χ0v) is 15.3. The van der Waals surface area contributed by atoms with Crippen molar-refractivity contribution in [2.45, 2.75) is 18.9 Å². The first kappa shape index (κ1) is 18.6. The van der Waals surface area contributed by atoms with Crippen molar-refractivity contribution >= 4 is 29.0 Å². The normalized spacial score (nSPS) is 15.6. The fourth-order valence-electron chi connectivity index (χ4n) is 3.00. The van der Waals surface area contributed by atoms with Crippen molar-refractivity contribution in [3.05, 3.63) is 53.8 Å². The van der Waals surface area contributed by atoms with E-state index in [1.165, 1.54) is 0 Å². The summed E-state index contributed by atoms with van der Waals surface area (Å²) in [6.45, 7) is 2.95. The van der Waals surface area contributed by atoms with Gasteiger partial charge in [0.2, 0.25) is 0 Å². The van der Waals surface area contributed by atoms with Crippen LogP contribution < -0.4 is 10.2 Å². The van der Waals surface area contributed by atoms with E-state index in [9.17, 15) is 9.90 Å². The smallest absolute Gasteiger partial charge is 0.326 e. The first-order valence-corrected chi connectivity index (χ1v) is 9.14. The zero-order chi connectivity index (χ0) is 18.4. The molecule has 1 aromatic carbocycles. The van der Waals surface area contributed by atoms with Crippen molar-refractivity contribution in [2.24, 2.45) is 0 Å². The SMILES string of the molecule is O=C(Nc1cccnc1)N(CCN1CCC(O)CC1)c1cccc(Cl)c1. The molecule has 0 atom stereocenters. The van der Waals surface area contributed by atoms with Crippen LogP contribution in [0.4, 0.5) is 16.2 Å². The van der Waals surface area contributed by atoms with Crippen LogP contribution in [-0.2, 0) is 0 Å². The predicted octanol–water partition coefficient (Wildman–Crippen LogP) is 3.23. The maximum Gasteiger partial charge on any atom is 0.326 e. The lowest BCUT2D eigenvalue weighted by Gasteiger charge is -2.32. The van der Waals surface area contributed by atoms with Crippen LogP contribution in [-0.4, -0.2) is 53.3 Å². The second kappa shape index (κ2) is 8.98. The number of likely N-dealkylation sites (tertiary alicyclic amines) is 1. The number of urea groups is 1. The van der Waals surface area contributed by atoms with Crippen LogP contribution in [0.5, 0.6) is 0 Å². The molecule has 0 radical (unpaired) electrons. The molecule has 0 unspecified atom stereocenters. The van der Waals surface area contributed by atoms with Gasteiger partial charge in [0, 0.05) is 43.1 Å². The van der Waals surface area contributed by atoms with E-state index in [1.54, 1.807) is 41.6 Å². The average molecular weight is 375 g/mol. The molecule has 0 aliphatic carbocycles. The number of rotatable bonds is 5. The van der Waals surface area contributed by atoms with E-state index in [4.69, 9.17) is 11.6 Å². The van der Waals surface area contributed by atoms with Crippen LogP contribution in [0.3, 0.4) is 0 Å². The van der Waals surface area contributed by atoms with E-state index in [1.807, 2.05) is 12.1 Å². The monoisotopic (exact) mass is 374 g/mol. The van der Waals surface area contributed by atoms with Crippen LogP contribution in [0, 0.1) is 0 Å². The summed E-state index contributed by atoms with van der Waals surface area (Å²) < 4.78 is 0. The molecule has 6 nitrogen and oxygen atoms in total. The Labute approximate surface area is 158 Å². The standard InChI is InChI=1S/C19H23ClN4O2/c20-15-3-1-5-17(13-15)24(12-11-23-9-6-18(25)7-10-23)19(26)22-16-4-2-8-21-14-16/h1-5,8,13-14,18,25H,6-7,9-12H2,(H,22,26). The lowest BCUT2D eigenvalue weighted by atomic mass is 10.1. The Morgan fingerprint density at radius 2 is 2.12 bits per heavy atom. The Balaban J connectivity index is 1.70. The molecule has 1 fully saturated rings. The topological polar surface area (TPSA) is 68.7 Å². The highest BCUT2D eigenvalue weighted by Crippen LogP contribution is 2.21. The van der Waals surface area contributed by atoms with Crippen LogP contribution in [0.2, 0.25) is 5.02 Å². The number of benzene rings is 1. The molecule has 2 N–H and O–H groups in total. The molecule has 0 spiro atoms. The van der Waals surface area contributed by atoms with Crippen molar-refractivity contribution < 1.29 is 9.90 Å². The highest BCUT2D eigenvalue weighted by Gasteiger charge is 2.21. The quantitative estimate of drug-likeness (QED) is 0.843. The summed E-state index contributed by atoms with van der Waals surface area (Å²) in [6.07, 6.45) is 4.62. The fraction of sp³-hybridized carbons (Fsp3) is 0.368. The average Bonchev–Trinajstić information content (AvgIpc) is 2.64. The number of piperidine rings is 1. The van der Waals surface area contributed by atoms with Crippen molar-refractivity contribution in [3.63, 3.8) is 0 Å². The number of nitrogens with one attached hydrogen (secondary N) is 1. The van der Waals surface area contributed by atoms with E-state index >= 15 is 0 Å². The predicted molar refractivity (Wildman–Crippen MR) is 104 cm³/mol. The van der Waals surface area contributed by atoms with Gasteiger partial charge in [0.1, 0.15) is 0 Å². The number of pyridine rings is 1. The number of halogens is 1.